The van der Waals surface area contributed by atoms with Crippen LogP contribution in [0.2, 0.25) is 0 Å². The zero-order valence-electron chi connectivity index (χ0n) is 21.6. The number of rotatable bonds is 6. The summed E-state index contributed by atoms with van der Waals surface area (Å²) >= 11 is 0. The molecule has 188 valence electrons. The summed E-state index contributed by atoms with van der Waals surface area (Å²) in [5, 5.41) is 5.95. The molecule has 0 radical (unpaired) electrons. The van der Waals surface area contributed by atoms with Crippen LogP contribution in [0.5, 0.6) is 0 Å². The molecule has 4 rings (SSSR count). The monoisotopic (exact) mass is 485 g/mol. The Morgan fingerprint density at radius 1 is 0.917 bits per heavy atom. The van der Waals surface area contributed by atoms with Crippen molar-refractivity contribution in [2.24, 2.45) is 5.41 Å². The molecule has 0 spiro atoms. The van der Waals surface area contributed by atoms with Crippen molar-refractivity contribution in [1.29, 1.82) is 0 Å². The number of carbonyl (C=O) groups excluding carboxylic acids is 2. The van der Waals surface area contributed by atoms with E-state index >= 15 is 0 Å². The molecule has 2 N–H and O–H groups in total. The summed E-state index contributed by atoms with van der Waals surface area (Å²) < 4.78 is 0. The second-order valence-electron chi connectivity index (χ2n) is 10.6. The van der Waals surface area contributed by atoms with Crippen LogP contribution in [0.15, 0.2) is 54.9 Å². The van der Waals surface area contributed by atoms with Crippen molar-refractivity contribution in [3.8, 4) is 11.1 Å². The number of amides is 2. The highest BCUT2D eigenvalue weighted by Gasteiger charge is 2.16. The lowest BCUT2D eigenvalue weighted by Crippen LogP contribution is -2.32. The van der Waals surface area contributed by atoms with E-state index in [1.165, 1.54) is 6.42 Å². The number of anilines is 2. The first-order chi connectivity index (χ1) is 17.2. The number of nitrogens with zero attached hydrogens (tertiary/aromatic N) is 3. The first-order valence-electron chi connectivity index (χ1n) is 12.6. The third kappa shape index (κ3) is 6.47. The second-order valence-corrected chi connectivity index (χ2v) is 10.6. The molecular formula is C29H35N5O2. The molecule has 0 aliphatic carbocycles. The van der Waals surface area contributed by atoms with Gasteiger partial charge in [0.25, 0.3) is 11.8 Å². The molecule has 0 bridgehead atoms. The largest absolute Gasteiger partial charge is 0.357 e. The minimum atomic E-state index is -0.196. The van der Waals surface area contributed by atoms with Gasteiger partial charge in [0.15, 0.2) is 0 Å². The van der Waals surface area contributed by atoms with Crippen LogP contribution in [0.25, 0.3) is 11.1 Å². The molecule has 2 amide bonds. The average Bonchev–Trinajstić information content (AvgIpc) is 2.88. The molecule has 0 atom stereocenters. The fourth-order valence-corrected chi connectivity index (χ4v) is 4.20. The van der Waals surface area contributed by atoms with Gasteiger partial charge >= 0.3 is 0 Å². The smallest absolute Gasteiger partial charge is 0.255 e. The Labute approximate surface area is 213 Å². The van der Waals surface area contributed by atoms with Gasteiger partial charge < -0.3 is 15.5 Å². The van der Waals surface area contributed by atoms with Crippen LogP contribution in [0, 0.1) is 12.3 Å². The quantitative estimate of drug-likeness (QED) is 0.483. The van der Waals surface area contributed by atoms with E-state index in [2.05, 4.69) is 46.3 Å². The van der Waals surface area contributed by atoms with Crippen molar-refractivity contribution in [2.45, 2.75) is 47.0 Å². The SMILES string of the molecule is Cc1ncc(NC(=O)c2ccnc(N3CCCCC3)c2)cc1-c1ccc(C(=O)NCC(C)(C)C)cc1. The molecule has 1 aliphatic rings. The summed E-state index contributed by atoms with van der Waals surface area (Å²) in [7, 11) is 0. The topological polar surface area (TPSA) is 87.2 Å². The van der Waals surface area contributed by atoms with Crippen LogP contribution in [0.4, 0.5) is 11.5 Å². The standard InChI is InChI=1S/C29H35N5O2/c1-20-25(21-8-10-22(11-9-21)27(35)32-19-29(2,3)4)17-24(18-31-20)33-28(36)23-12-13-30-26(16-23)34-14-6-5-7-15-34/h8-13,16-18H,5-7,14-15,19H2,1-4H3,(H,32,35)(H,33,36). The minimum absolute atomic E-state index is 0.0225. The third-order valence-electron chi connectivity index (χ3n) is 6.27. The summed E-state index contributed by atoms with van der Waals surface area (Å²) in [4.78, 5) is 36.7. The number of benzene rings is 1. The minimum Gasteiger partial charge on any atom is -0.357 e. The zero-order chi connectivity index (χ0) is 25.7. The van der Waals surface area contributed by atoms with Crippen molar-refractivity contribution in [2.75, 3.05) is 29.9 Å². The van der Waals surface area contributed by atoms with Crippen LogP contribution in [-0.4, -0.2) is 41.4 Å². The summed E-state index contributed by atoms with van der Waals surface area (Å²) in [6.07, 6.45) is 6.90. The van der Waals surface area contributed by atoms with Gasteiger partial charge in [-0.1, -0.05) is 32.9 Å². The van der Waals surface area contributed by atoms with Crippen LogP contribution in [-0.2, 0) is 0 Å². The Hall–Kier alpha value is -3.74. The highest BCUT2D eigenvalue weighted by molar-refractivity contribution is 6.05. The number of piperidine rings is 1. The molecule has 0 unspecified atom stereocenters. The summed E-state index contributed by atoms with van der Waals surface area (Å²) in [6, 6.07) is 13.0. The van der Waals surface area contributed by atoms with Crippen molar-refractivity contribution in [3.63, 3.8) is 0 Å². The molecule has 7 heteroatoms. The van der Waals surface area contributed by atoms with Crippen LogP contribution < -0.4 is 15.5 Å². The van der Waals surface area contributed by atoms with Gasteiger partial charge in [-0.2, -0.15) is 0 Å². The highest BCUT2D eigenvalue weighted by Crippen LogP contribution is 2.26. The lowest BCUT2D eigenvalue weighted by molar-refractivity contribution is 0.0938. The molecule has 1 fully saturated rings. The number of hydrogen-bond donors (Lipinski definition) is 2. The summed E-state index contributed by atoms with van der Waals surface area (Å²) in [5.74, 6) is 0.559. The number of carbonyl (C=O) groups is 2. The lowest BCUT2D eigenvalue weighted by Gasteiger charge is -2.27. The molecular weight excluding hydrogens is 450 g/mol. The van der Waals surface area contributed by atoms with Gasteiger partial charge in [-0.3, -0.25) is 14.6 Å². The van der Waals surface area contributed by atoms with Gasteiger partial charge in [0, 0.05) is 48.2 Å². The molecule has 2 aromatic heterocycles. The van der Waals surface area contributed by atoms with E-state index in [0.717, 1.165) is 48.6 Å². The lowest BCUT2D eigenvalue weighted by atomic mass is 9.96. The first-order valence-corrected chi connectivity index (χ1v) is 12.6. The van der Waals surface area contributed by atoms with E-state index in [-0.39, 0.29) is 17.2 Å². The molecule has 1 saturated heterocycles. The first kappa shape index (κ1) is 25.4. The van der Waals surface area contributed by atoms with Gasteiger partial charge in [-0.25, -0.2) is 4.98 Å². The van der Waals surface area contributed by atoms with Gasteiger partial charge in [0.1, 0.15) is 5.82 Å². The predicted molar refractivity (Wildman–Crippen MR) is 144 cm³/mol. The molecule has 1 aromatic carbocycles. The van der Waals surface area contributed by atoms with Crippen molar-refractivity contribution < 1.29 is 9.59 Å². The summed E-state index contributed by atoms with van der Waals surface area (Å²) in [5.41, 5.74) is 4.49. The Balaban J connectivity index is 1.47. The highest BCUT2D eigenvalue weighted by atomic mass is 16.2. The third-order valence-corrected chi connectivity index (χ3v) is 6.27. The van der Waals surface area contributed by atoms with Gasteiger partial charge in [-0.15, -0.1) is 0 Å². The molecule has 3 heterocycles. The molecule has 7 nitrogen and oxygen atoms in total. The fraction of sp³-hybridized carbons (Fsp3) is 0.379. The number of hydrogen-bond acceptors (Lipinski definition) is 5. The maximum absolute atomic E-state index is 13.0. The summed E-state index contributed by atoms with van der Waals surface area (Å²) in [6.45, 7) is 10.7. The van der Waals surface area contributed by atoms with E-state index in [0.29, 0.717) is 23.4 Å². The van der Waals surface area contributed by atoms with E-state index in [1.54, 1.807) is 18.5 Å². The van der Waals surface area contributed by atoms with E-state index in [4.69, 9.17) is 0 Å². The molecule has 36 heavy (non-hydrogen) atoms. The van der Waals surface area contributed by atoms with E-state index in [1.807, 2.05) is 43.3 Å². The predicted octanol–water partition coefficient (Wildman–Crippen LogP) is 5.47. The van der Waals surface area contributed by atoms with Gasteiger partial charge in [-0.05, 0) is 67.5 Å². The fourth-order valence-electron chi connectivity index (χ4n) is 4.20. The number of nitrogens with one attached hydrogen (secondary N) is 2. The van der Waals surface area contributed by atoms with Crippen LogP contribution in [0.1, 0.15) is 66.4 Å². The zero-order valence-corrected chi connectivity index (χ0v) is 21.6. The van der Waals surface area contributed by atoms with Crippen molar-refractivity contribution in [1.82, 2.24) is 15.3 Å². The molecule has 0 saturated carbocycles. The van der Waals surface area contributed by atoms with Crippen molar-refractivity contribution >= 4 is 23.3 Å². The number of pyridine rings is 2. The Morgan fingerprint density at radius 2 is 1.64 bits per heavy atom. The Bertz CT molecular complexity index is 1230. The average molecular weight is 486 g/mol. The van der Waals surface area contributed by atoms with Gasteiger partial charge in [0.2, 0.25) is 0 Å². The van der Waals surface area contributed by atoms with Crippen LogP contribution in [0.3, 0.4) is 0 Å². The van der Waals surface area contributed by atoms with Gasteiger partial charge in [0.05, 0.1) is 11.9 Å². The number of aromatic nitrogens is 2. The number of aryl methyl sites for hydroxylation is 1. The van der Waals surface area contributed by atoms with E-state index < -0.39 is 0 Å². The normalized spacial score (nSPS) is 13.8. The van der Waals surface area contributed by atoms with Crippen molar-refractivity contribution in [3.05, 3.63) is 71.7 Å². The maximum atomic E-state index is 13.0. The Morgan fingerprint density at radius 3 is 2.33 bits per heavy atom. The van der Waals surface area contributed by atoms with E-state index in [9.17, 15) is 9.59 Å². The molecule has 3 aromatic rings. The second kappa shape index (κ2) is 10.9. The van der Waals surface area contributed by atoms with Crippen LogP contribution >= 0.6 is 0 Å². The maximum Gasteiger partial charge on any atom is 0.255 e. The molecule has 1 aliphatic heterocycles. The Kier molecular flexibility index (Phi) is 7.67.